The fourth-order valence-electron chi connectivity index (χ4n) is 2.42. The summed E-state index contributed by atoms with van der Waals surface area (Å²) in [5.41, 5.74) is 3.16. The van der Waals surface area contributed by atoms with Crippen molar-refractivity contribution in [2.24, 2.45) is 0 Å². The molecule has 2 aromatic heterocycles. The van der Waals surface area contributed by atoms with Gasteiger partial charge in [0.1, 0.15) is 23.9 Å². The summed E-state index contributed by atoms with van der Waals surface area (Å²) in [5, 5.41) is 6.71. The Kier molecular flexibility index (Phi) is 5.37. The predicted octanol–water partition coefficient (Wildman–Crippen LogP) is 4.59. The van der Waals surface area contributed by atoms with E-state index in [0.29, 0.717) is 23.7 Å². The van der Waals surface area contributed by atoms with Gasteiger partial charge in [-0.25, -0.2) is 4.98 Å². The van der Waals surface area contributed by atoms with E-state index in [-0.39, 0.29) is 5.91 Å². The number of aromatic nitrogens is 2. The Morgan fingerprint density at radius 2 is 1.96 bits per heavy atom. The molecule has 7 heteroatoms. The van der Waals surface area contributed by atoms with Crippen LogP contribution in [0.1, 0.15) is 32.9 Å². The van der Waals surface area contributed by atoms with Crippen molar-refractivity contribution in [2.45, 2.75) is 27.4 Å². The number of aryl methyl sites for hydroxylation is 3. The molecule has 6 nitrogen and oxygen atoms in total. The Labute approximate surface area is 159 Å². The lowest BCUT2D eigenvalue weighted by Gasteiger charge is -2.09. The van der Waals surface area contributed by atoms with E-state index in [9.17, 15) is 4.79 Å². The molecule has 0 radical (unpaired) electrons. The van der Waals surface area contributed by atoms with Crippen LogP contribution in [-0.2, 0) is 6.61 Å². The van der Waals surface area contributed by atoms with Crippen molar-refractivity contribution in [1.82, 2.24) is 10.1 Å². The number of nitrogens with zero attached hydrogens (tertiary/aromatic N) is 2. The average Bonchev–Trinajstić information content (AvgIpc) is 2.94. The highest BCUT2D eigenvalue weighted by atomic mass is 79.9. The third kappa shape index (κ3) is 4.11. The van der Waals surface area contributed by atoms with Crippen molar-refractivity contribution < 1.29 is 14.1 Å². The largest absolute Gasteiger partial charge is 0.489 e. The summed E-state index contributed by atoms with van der Waals surface area (Å²) in [6.45, 7) is 5.98. The number of amides is 1. The van der Waals surface area contributed by atoms with Gasteiger partial charge in [-0.1, -0.05) is 5.16 Å². The maximum absolute atomic E-state index is 12.4. The lowest BCUT2D eigenvalue weighted by atomic mass is 10.2. The maximum atomic E-state index is 12.4. The number of benzene rings is 1. The van der Waals surface area contributed by atoms with E-state index in [2.05, 4.69) is 31.4 Å². The van der Waals surface area contributed by atoms with E-state index >= 15 is 0 Å². The van der Waals surface area contributed by atoms with E-state index < -0.39 is 0 Å². The van der Waals surface area contributed by atoms with Crippen LogP contribution in [0.5, 0.6) is 5.75 Å². The molecular formula is C19H18BrN3O3. The molecule has 0 spiro atoms. The van der Waals surface area contributed by atoms with Gasteiger partial charge in [-0.15, -0.1) is 0 Å². The first kappa shape index (κ1) is 18.1. The van der Waals surface area contributed by atoms with Gasteiger partial charge in [0.2, 0.25) is 0 Å². The van der Waals surface area contributed by atoms with Gasteiger partial charge in [0.15, 0.2) is 0 Å². The van der Waals surface area contributed by atoms with Crippen LogP contribution in [0.25, 0.3) is 0 Å². The molecule has 1 amide bonds. The van der Waals surface area contributed by atoms with E-state index in [1.807, 2.05) is 26.8 Å². The monoisotopic (exact) mass is 415 g/mol. The standard InChI is InChI=1S/C19H18BrN3O3/c1-11-8-15(20)9-21-18(11)22-19(24)14-4-6-16(7-5-14)25-10-17-12(2)23-26-13(17)3/h4-9H,10H2,1-3H3,(H,21,22,24). The fraction of sp³-hybridized carbons (Fsp3) is 0.211. The number of ether oxygens (including phenoxy) is 1. The first-order valence-electron chi connectivity index (χ1n) is 8.02. The van der Waals surface area contributed by atoms with E-state index in [1.165, 1.54) is 0 Å². The number of hydrogen-bond acceptors (Lipinski definition) is 5. The highest BCUT2D eigenvalue weighted by molar-refractivity contribution is 9.10. The average molecular weight is 416 g/mol. The van der Waals surface area contributed by atoms with Crippen molar-refractivity contribution in [3.63, 3.8) is 0 Å². The van der Waals surface area contributed by atoms with Crippen molar-refractivity contribution in [2.75, 3.05) is 5.32 Å². The highest BCUT2D eigenvalue weighted by Gasteiger charge is 2.11. The number of nitrogens with one attached hydrogen (secondary N) is 1. The second kappa shape index (κ2) is 7.70. The molecule has 0 saturated carbocycles. The van der Waals surface area contributed by atoms with Crippen LogP contribution in [0.15, 0.2) is 45.5 Å². The second-order valence-corrected chi connectivity index (χ2v) is 6.80. The van der Waals surface area contributed by atoms with Crippen LogP contribution >= 0.6 is 15.9 Å². The normalized spacial score (nSPS) is 10.6. The van der Waals surface area contributed by atoms with Gasteiger partial charge in [-0.3, -0.25) is 4.79 Å². The molecule has 0 aliphatic heterocycles. The number of carbonyl (C=O) groups is 1. The first-order valence-corrected chi connectivity index (χ1v) is 8.81. The van der Waals surface area contributed by atoms with Gasteiger partial charge in [0, 0.05) is 16.2 Å². The molecule has 0 bridgehead atoms. The lowest BCUT2D eigenvalue weighted by Crippen LogP contribution is -2.13. The van der Waals surface area contributed by atoms with Crippen LogP contribution in [0.2, 0.25) is 0 Å². The SMILES string of the molecule is Cc1cc(Br)cnc1NC(=O)c1ccc(OCc2c(C)noc2C)cc1. The number of halogens is 1. The minimum Gasteiger partial charge on any atom is -0.489 e. The third-order valence-electron chi connectivity index (χ3n) is 3.96. The summed E-state index contributed by atoms with van der Waals surface area (Å²) in [6.07, 6.45) is 1.65. The number of pyridine rings is 1. The molecule has 1 N–H and O–H groups in total. The Morgan fingerprint density at radius 1 is 1.23 bits per heavy atom. The third-order valence-corrected chi connectivity index (χ3v) is 4.39. The van der Waals surface area contributed by atoms with Crippen molar-refractivity contribution in [3.05, 3.63) is 69.1 Å². The molecule has 0 saturated heterocycles. The van der Waals surface area contributed by atoms with Gasteiger partial charge in [-0.05, 0) is 72.6 Å². The number of hydrogen-bond donors (Lipinski definition) is 1. The summed E-state index contributed by atoms with van der Waals surface area (Å²) >= 11 is 3.35. The number of rotatable bonds is 5. The van der Waals surface area contributed by atoms with E-state index in [0.717, 1.165) is 27.1 Å². The topological polar surface area (TPSA) is 77.2 Å². The van der Waals surface area contributed by atoms with Gasteiger partial charge >= 0.3 is 0 Å². The summed E-state index contributed by atoms with van der Waals surface area (Å²) in [7, 11) is 0. The maximum Gasteiger partial charge on any atom is 0.256 e. The van der Waals surface area contributed by atoms with Crippen LogP contribution < -0.4 is 10.1 Å². The molecule has 0 atom stereocenters. The van der Waals surface area contributed by atoms with Crippen molar-refractivity contribution in [1.29, 1.82) is 0 Å². The lowest BCUT2D eigenvalue weighted by molar-refractivity contribution is 0.102. The molecule has 0 fully saturated rings. The van der Waals surface area contributed by atoms with Gasteiger partial charge in [0.05, 0.1) is 11.3 Å². The summed E-state index contributed by atoms with van der Waals surface area (Å²) in [5.74, 6) is 1.73. The zero-order valence-corrected chi connectivity index (χ0v) is 16.3. The smallest absolute Gasteiger partial charge is 0.256 e. The number of anilines is 1. The second-order valence-electron chi connectivity index (χ2n) is 5.89. The van der Waals surface area contributed by atoms with Crippen LogP contribution in [0.3, 0.4) is 0 Å². The van der Waals surface area contributed by atoms with Crippen molar-refractivity contribution in [3.8, 4) is 5.75 Å². The summed E-state index contributed by atoms with van der Waals surface area (Å²) < 4.78 is 11.7. The summed E-state index contributed by atoms with van der Waals surface area (Å²) in [4.78, 5) is 16.6. The van der Waals surface area contributed by atoms with E-state index in [1.54, 1.807) is 30.5 Å². The molecule has 3 aromatic rings. The van der Waals surface area contributed by atoms with Crippen LogP contribution in [0, 0.1) is 20.8 Å². The highest BCUT2D eigenvalue weighted by Crippen LogP contribution is 2.20. The fourth-order valence-corrected chi connectivity index (χ4v) is 2.86. The minimum absolute atomic E-state index is 0.222. The molecule has 1 aromatic carbocycles. The van der Waals surface area contributed by atoms with Gasteiger partial charge in [0.25, 0.3) is 5.91 Å². The molecule has 134 valence electrons. The first-order chi connectivity index (χ1) is 12.4. The molecule has 3 rings (SSSR count). The van der Waals surface area contributed by atoms with Gasteiger partial charge in [-0.2, -0.15) is 0 Å². The molecule has 2 heterocycles. The van der Waals surface area contributed by atoms with Crippen LogP contribution in [0.4, 0.5) is 5.82 Å². The molecule has 0 unspecified atom stereocenters. The summed E-state index contributed by atoms with van der Waals surface area (Å²) in [6, 6.07) is 8.84. The zero-order valence-electron chi connectivity index (χ0n) is 14.7. The Morgan fingerprint density at radius 3 is 2.58 bits per heavy atom. The molecule has 0 aliphatic carbocycles. The van der Waals surface area contributed by atoms with Crippen molar-refractivity contribution >= 4 is 27.7 Å². The Bertz CT molecular complexity index is 916. The molecule has 26 heavy (non-hydrogen) atoms. The minimum atomic E-state index is -0.222. The quantitative estimate of drug-likeness (QED) is 0.659. The Balaban J connectivity index is 1.64. The van der Waals surface area contributed by atoms with Gasteiger partial charge < -0.3 is 14.6 Å². The zero-order chi connectivity index (χ0) is 18.7. The molecular weight excluding hydrogens is 398 g/mol. The van der Waals surface area contributed by atoms with Crippen LogP contribution in [-0.4, -0.2) is 16.0 Å². The Hall–Kier alpha value is -2.67. The van der Waals surface area contributed by atoms with E-state index in [4.69, 9.17) is 9.26 Å². The molecule has 0 aliphatic rings. The number of carbonyl (C=O) groups excluding carboxylic acids is 1. The predicted molar refractivity (Wildman–Crippen MR) is 101 cm³/mol.